The molecule has 0 bridgehead atoms. The molecule has 4 heteroatoms. The molecule has 1 heterocycles. The molecule has 3 aromatic rings. The lowest BCUT2D eigenvalue weighted by Gasteiger charge is -2.04. The predicted molar refractivity (Wildman–Crippen MR) is 77.2 cm³/mol. The van der Waals surface area contributed by atoms with Crippen LogP contribution in [-0.4, -0.2) is 9.97 Å². The van der Waals surface area contributed by atoms with Crippen LogP contribution in [0.1, 0.15) is 5.56 Å². The van der Waals surface area contributed by atoms with E-state index in [1.165, 1.54) is 0 Å². The molecule has 84 valence electrons. The van der Waals surface area contributed by atoms with E-state index in [1.54, 1.807) is 0 Å². The van der Waals surface area contributed by atoms with Crippen molar-refractivity contribution in [1.82, 2.24) is 9.97 Å². The molecule has 0 aliphatic carbocycles. The minimum Gasteiger partial charge on any atom is -0.244 e. The molecule has 17 heavy (non-hydrogen) atoms. The molecule has 0 saturated carbocycles. The molecule has 1 aromatic heterocycles. The maximum atomic E-state index is 4.67. The third kappa shape index (κ3) is 1.96. The quantitative estimate of drug-likeness (QED) is 0.552. The smallest absolute Gasteiger partial charge is 0.0924 e. The Balaban J connectivity index is 2.48. The standard InChI is InChI=1S/C13H8Br2N2/c1-7-4-9(15)6-12-13(7)17-11-5-8(14)2-3-10(11)16-12/h2-6H,1H3. The van der Waals surface area contributed by atoms with Crippen LogP contribution in [0.4, 0.5) is 0 Å². The lowest BCUT2D eigenvalue weighted by molar-refractivity contribution is 1.35. The van der Waals surface area contributed by atoms with Crippen molar-refractivity contribution < 1.29 is 0 Å². The molecule has 0 aliphatic heterocycles. The molecular formula is C13H8Br2N2. The fourth-order valence-electron chi connectivity index (χ4n) is 1.88. The number of fused-ring (bicyclic) bond motifs is 2. The van der Waals surface area contributed by atoms with E-state index < -0.39 is 0 Å². The van der Waals surface area contributed by atoms with Crippen LogP contribution in [0.15, 0.2) is 39.3 Å². The van der Waals surface area contributed by atoms with Crippen LogP contribution < -0.4 is 0 Å². The average Bonchev–Trinajstić information content (AvgIpc) is 2.27. The highest BCUT2D eigenvalue weighted by Gasteiger charge is 2.05. The summed E-state index contributed by atoms with van der Waals surface area (Å²) in [5.74, 6) is 0. The first-order valence-electron chi connectivity index (χ1n) is 5.17. The Morgan fingerprint density at radius 1 is 0.824 bits per heavy atom. The third-order valence-corrected chi connectivity index (χ3v) is 3.61. The number of halogens is 2. The first-order valence-corrected chi connectivity index (χ1v) is 6.75. The summed E-state index contributed by atoms with van der Waals surface area (Å²) in [7, 11) is 0. The Morgan fingerprint density at radius 3 is 2.41 bits per heavy atom. The van der Waals surface area contributed by atoms with Gasteiger partial charge in [0.1, 0.15) is 0 Å². The minimum atomic E-state index is 0.914. The van der Waals surface area contributed by atoms with Crippen molar-refractivity contribution >= 4 is 53.9 Å². The topological polar surface area (TPSA) is 25.8 Å². The summed E-state index contributed by atoms with van der Waals surface area (Å²) in [4.78, 5) is 9.29. The second-order valence-corrected chi connectivity index (χ2v) is 5.78. The van der Waals surface area contributed by atoms with Crippen LogP contribution in [-0.2, 0) is 0 Å². The van der Waals surface area contributed by atoms with Crippen molar-refractivity contribution in [3.63, 3.8) is 0 Å². The second kappa shape index (κ2) is 4.03. The summed E-state index contributed by atoms with van der Waals surface area (Å²) < 4.78 is 2.06. The molecular weight excluding hydrogens is 344 g/mol. The Labute approximate surface area is 115 Å². The fraction of sp³-hybridized carbons (Fsp3) is 0.0769. The van der Waals surface area contributed by atoms with E-state index in [2.05, 4.69) is 47.9 Å². The number of hydrogen-bond acceptors (Lipinski definition) is 2. The zero-order valence-electron chi connectivity index (χ0n) is 9.04. The summed E-state index contributed by atoms with van der Waals surface area (Å²) in [5.41, 5.74) is 4.84. The molecule has 0 N–H and O–H groups in total. The maximum absolute atomic E-state index is 4.67. The zero-order valence-corrected chi connectivity index (χ0v) is 12.2. The molecule has 0 amide bonds. The van der Waals surface area contributed by atoms with Crippen molar-refractivity contribution in [1.29, 1.82) is 0 Å². The Hall–Kier alpha value is -1.00. The Kier molecular flexibility index (Phi) is 2.64. The van der Waals surface area contributed by atoms with E-state index in [-0.39, 0.29) is 0 Å². The summed E-state index contributed by atoms with van der Waals surface area (Å²) in [5, 5.41) is 0. The van der Waals surface area contributed by atoms with E-state index in [9.17, 15) is 0 Å². The highest BCUT2D eigenvalue weighted by molar-refractivity contribution is 9.10. The molecule has 0 fully saturated rings. The lowest BCUT2D eigenvalue weighted by atomic mass is 10.2. The van der Waals surface area contributed by atoms with Crippen LogP contribution in [0.3, 0.4) is 0 Å². The molecule has 3 rings (SSSR count). The lowest BCUT2D eigenvalue weighted by Crippen LogP contribution is -1.90. The summed E-state index contributed by atoms with van der Waals surface area (Å²) >= 11 is 6.93. The summed E-state index contributed by atoms with van der Waals surface area (Å²) in [6.45, 7) is 2.05. The van der Waals surface area contributed by atoms with Crippen LogP contribution >= 0.6 is 31.9 Å². The van der Waals surface area contributed by atoms with Gasteiger partial charge in [-0.25, -0.2) is 9.97 Å². The van der Waals surface area contributed by atoms with Crippen LogP contribution in [0.2, 0.25) is 0 Å². The van der Waals surface area contributed by atoms with Gasteiger partial charge in [-0.1, -0.05) is 31.9 Å². The van der Waals surface area contributed by atoms with Crippen molar-refractivity contribution in [2.45, 2.75) is 6.92 Å². The SMILES string of the molecule is Cc1cc(Br)cc2nc3ccc(Br)cc3nc12. The van der Waals surface area contributed by atoms with Crippen LogP contribution in [0.5, 0.6) is 0 Å². The van der Waals surface area contributed by atoms with Gasteiger partial charge in [-0.3, -0.25) is 0 Å². The van der Waals surface area contributed by atoms with Crippen molar-refractivity contribution in [3.05, 3.63) is 44.8 Å². The molecule has 0 spiro atoms. The molecule has 0 saturated heterocycles. The minimum absolute atomic E-state index is 0.914. The van der Waals surface area contributed by atoms with Gasteiger partial charge in [-0.2, -0.15) is 0 Å². The molecule has 0 radical (unpaired) electrons. The van der Waals surface area contributed by atoms with Crippen LogP contribution in [0.25, 0.3) is 22.1 Å². The highest BCUT2D eigenvalue weighted by Crippen LogP contribution is 2.24. The second-order valence-electron chi connectivity index (χ2n) is 3.95. The van der Waals surface area contributed by atoms with Crippen molar-refractivity contribution in [3.8, 4) is 0 Å². The van der Waals surface area contributed by atoms with E-state index >= 15 is 0 Å². The number of aromatic nitrogens is 2. The predicted octanol–water partition coefficient (Wildman–Crippen LogP) is 4.62. The molecule has 0 atom stereocenters. The van der Waals surface area contributed by atoms with Gasteiger partial charge in [0.2, 0.25) is 0 Å². The van der Waals surface area contributed by atoms with Gasteiger partial charge in [0.25, 0.3) is 0 Å². The summed E-state index contributed by atoms with van der Waals surface area (Å²) in [6.07, 6.45) is 0. The van der Waals surface area contributed by atoms with Gasteiger partial charge >= 0.3 is 0 Å². The molecule has 0 aliphatic rings. The first-order chi connectivity index (χ1) is 8.13. The highest BCUT2D eigenvalue weighted by atomic mass is 79.9. The third-order valence-electron chi connectivity index (χ3n) is 2.66. The van der Waals surface area contributed by atoms with Gasteiger partial charge in [0.15, 0.2) is 0 Å². The number of benzene rings is 2. The van der Waals surface area contributed by atoms with Gasteiger partial charge in [0.05, 0.1) is 22.1 Å². The number of nitrogens with zero attached hydrogens (tertiary/aromatic N) is 2. The van der Waals surface area contributed by atoms with Gasteiger partial charge < -0.3 is 0 Å². The Morgan fingerprint density at radius 2 is 1.59 bits per heavy atom. The van der Waals surface area contributed by atoms with E-state index in [0.717, 1.165) is 36.6 Å². The average molecular weight is 352 g/mol. The van der Waals surface area contributed by atoms with Gasteiger partial charge in [-0.15, -0.1) is 0 Å². The largest absolute Gasteiger partial charge is 0.244 e. The van der Waals surface area contributed by atoms with E-state index in [4.69, 9.17) is 0 Å². The maximum Gasteiger partial charge on any atom is 0.0924 e. The monoisotopic (exact) mass is 350 g/mol. The number of hydrogen-bond donors (Lipinski definition) is 0. The van der Waals surface area contributed by atoms with Crippen LogP contribution in [0, 0.1) is 6.92 Å². The Bertz CT molecular complexity index is 738. The van der Waals surface area contributed by atoms with E-state index in [0.29, 0.717) is 0 Å². The van der Waals surface area contributed by atoms with Gasteiger partial charge in [-0.05, 0) is 42.8 Å². The zero-order chi connectivity index (χ0) is 12.0. The fourth-order valence-corrected chi connectivity index (χ4v) is 2.79. The van der Waals surface area contributed by atoms with Gasteiger partial charge in [0, 0.05) is 8.95 Å². The molecule has 2 nitrogen and oxygen atoms in total. The molecule has 0 unspecified atom stereocenters. The number of aryl methyl sites for hydroxylation is 1. The number of rotatable bonds is 0. The molecule has 2 aromatic carbocycles. The first kappa shape index (κ1) is 11.1. The van der Waals surface area contributed by atoms with Crippen molar-refractivity contribution in [2.75, 3.05) is 0 Å². The van der Waals surface area contributed by atoms with Crippen molar-refractivity contribution in [2.24, 2.45) is 0 Å². The normalized spacial score (nSPS) is 11.2. The van der Waals surface area contributed by atoms with E-state index in [1.807, 2.05) is 31.2 Å². The summed E-state index contributed by atoms with van der Waals surface area (Å²) in [6, 6.07) is 10.00.